The molecule has 0 bridgehead atoms. The lowest BCUT2D eigenvalue weighted by atomic mass is 9.80. The van der Waals surface area contributed by atoms with Crippen molar-refractivity contribution in [1.29, 1.82) is 0 Å². The summed E-state index contributed by atoms with van der Waals surface area (Å²) in [7, 11) is 0.865. The average Bonchev–Trinajstić information content (AvgIpc) is 3.49. The van der Waals surface area contributed by atoms with E-state index < -0.39 is 43.6 Å². The molecular weight excluding hydrogens is 684 g/mol. The van der Waals surface area contributed by atoms with E-state index in [1.54, 1.807) is 32.4 Å². The first kappa shape index (κ1) is 36.6. The molecule has 0 amide bonds. The third-order valence-electron chi connectivity index (χ3n) is 10.0. The maximum absolute atomic E-state index is 13.6. The summed E-state index contributed by atoms with van der Waals surface area (Å²) in [5, 5.41) is 0.306. The van der Waals surface area contributed by atoms with Crippen LogP contribution in [-0.2, 0) is 19.5 Å². The van der Waals surface area contributed by atoms with Crippen molar-refractivity contribution in [3.8, 4) is 11.5 Å². The van der Waals surface area contributed by atoms with Crippen molar-refractivity contribution in [1.82, 2.24) is 9.55 Å². The number of fused-ring (bicyclic) bond motifs is 1. The van der Waals surface area contributed by atoms with Crippen LogP contribution in [-0.4, -0.2) is 50.9 Å². The molecule has 51 heavy (non-hydrogen) atoms. The molecule has 5 aromatic rings. The van der Waals surface area contributed by atoms with Gasteiger partial charge in [0.25, 0.3) is 5.56 Å². The second-order valence-electron chi connectivity index (χ2n) is 14.2. The standard InChI is InChI=1S/C40H44ClN2O7Si/c1-39(2,3)51(6,7)50-34-24-31(49-37(34)43-33-15-11-14-32(41)35(33)36(44)42-38(43)45)25-48-40(26-12-9-8-10-13-26,27-16-20-29(46-4)21-17-27)28-18-22-30(47-5)23-19-28/h8-24,31,34,37H,25H2,1-7H3,(H,42,44,45)/t31-,34-,37-/m1/s1. The van der Waals surface area contributed by atoms with E-state index in [1.807, 2.05) is 85.3 Å². The summed E-state index contributed by atoms with van der Waals surface area (Å²) >= 11 is 6.49. The van der Waals surface area contributed by atoms with Crippen molar-refractivity contribution < 1.29 is 23.4 Å². The van der Waals surface area contributed by atoms with Gasteiger partial charge >= 0.3 is 5.69 Å². The van der Waals surface area contributed by atoms with E-state index in [1.165, 1.54) is 4.57 Å². The predicted octanol–water partition coefficient (Wildman–Crippen LogP) is 7.86. The Kier molecular flexibility index (Phi) is 10.4. The minimum absolute atomic E-state index is 0.0948. The topological polar surface area (TPSA) is 101 Å². The third kappa shape index (κ3) is 7.03. The molecule has 11 heteroatoms. The van der Waals surface area contributed by atoms with Crippen LogP contribution < -0.4 is 20.7 Å². The van der Waals surface area contributed by atoms with Gasteiger partial charge in [-0.1, -0.05) is 93.0 Å². The van der Waals surface area contributed by atoms with Gasteiger partial charge in [-0.25, -0.2) is 4.79 Å². The molecule has 1 saturated heterocycles. The van der Waals surface area contributed by atoms with Crippen LogP contribution in [0.5, 0.6) is 11.5 Å². The molecule has 267 valence electrons. The van der Waals surface area contributed by atoms with Crippen LogP contribution in [0.15, 0.2) is 107 Å². The van der Waals surface area contributed by atoms with E-state index in [4.69, 9.17) is 35.0 Å². The minimum Gasteiger partial charge on any atom is -0.497 e. The number of rotatable bonds is 11. The van der Waals surface area contributed by atoms with E-state index in [0.29, 0.717) is 5.52 Å². The summed E-state index contributed by atoms with van der Waals surface area (Å²) in [6.07, 6.45) is -0.196. The SMILES string of the molecule is COc1ccc(C(OC[C@H]2[CH][C@@H](O[Si](C)(C)C(C)(C)C)[C@H](n3c(=O)[nH]c(=O)c4c(Cl)cccc43)O2)(c2ccccc2)c2ccc(OC)cc2)cc1. The van der Waals surface area contributed by atoms with Crippen molar-refractivity contribution in [2.75, 3.05) is 20.8 Å². The highest BCUT2D eigenvalue weighted by Gasteiger charge is 2.47. The summed E-state index contributed by atoms with van der Waals surface area (Å²) in [5.41, 5.74) is 0.749. The largest absolute Gasteiger partial charge is 0.497 e. The van der Waals surface area contributed by atoms with Gasteiger partial charge in [0.05, 0.1) is 49.0 Å². The van der Waals surface area contributed by atoms with Gasteiger partial charge in [0.15, 0.2) is 14.5 Å². The first-order valence-corrected chi connectivity index (χ1v) is 20.2. The molecule has 3 atom stereocenters. The molecule has 1 aromatic heterocycles. The van der Waals surface area contributed by atoms with Crippen LogP contribution in [0.1, 0.15) is 43.7 Å². The van der Waals surface area contributed by atoms with Gasteiger partial charge in [0.1, 0.15) is 17.1 Å². The number of ether oxygens (including phenoxy) is 4. The third-order valence-corrected chi connectivity index (χ3v) is 14.8. The lowest BCUT2D eigenvalue weighted by molar-refractivity contribution is -0.0830. The van der Waals surface area contributed by atoms with Crippen LogP contribution in [0, 0.1) is 6.42 Å². The lowest BCUT2D eigenvalue weighted by Gasteiger charge is -2.39. The molecule has 0 aliphatic carbocycles. The van der Waals surface area contributed by atoms with Gasteiger partial charge in [-0.2, -0.15) is 0 Å². The number of hydrogen-bond donors (Lipinski definition) is 1. The molecule has 0 saturated carbocycles. The van der Waals surface area contributed by atoms with Gasteiger partial charge in [-0.15, -0.1) is 0 Å². The van der Waals surface area contributed by atoms with E-state index in [2.05, 4.69) is 38.8 Å². The van der Waals surface area contributed by atoms with Gasteiger partial charge in [0, 0.05) is 6.42 Å². The highest BCUT2D eigenvalue weighted by Crippen LogP contribution is 2.45. The Balaban J connectivity index is 1.45. The monoisotopic (exact) mass is 727 g/mol. The fourth-order valence-corrected chi connectivity index (χ4v) is 7.81. The number of aromatic amines is 1. The molecule has 2 heterocycles. The molecule has 1 N–H and O–H groups in total. The zero-order valence-corrected chi connectivity index (χ0v) is 31.7. The van der Waals surface area contributed by atoms with Crippen LogP contribution >= 0.6 is 11.6 Å². The molecule has 1 aliphatic heterocycles. The highest BCUT2D eigenvalue weighted by molar-refractivity contribution is 6.74. The van der Waals surface area contributed by atoms with E-state index in [-0.39, 0.29) is 22.1 Å². The molecule has 0 spiro atoms. The normalized spacial score (nSPS) is 18.2. The zero-order valence-electron chi connectivity index (χ0n) is 29.9. The number of nitrogens with one attached hydrogen (secondary N) is 1. The fourth-order valence-electron chi connectivity index (χ4n) is 6.33. The molecule has 4 aromatic carbocycles. The van der Waals surface area contributed by atoms with Crippen LogP contribution in [0.2, 0.25) is 23.2 Å². The summed E-state index contributed by atoms with van der Waals surface area (Å²) in [6.45, 7) is 10.9. The number of H-pyrrole nitrogens is 1. The number of hydrogen-bond acceptors (Lipinski definition) is 7. The number of halogens is 1. The van der Waals surface area contributed by atoms with E-state index in [0.717, 1.165) is 28.2 Å². The lowest BCUT2D eigenvalue weighted by Crippen LogP contribution is -2.46. The molecule has 1 aliphatic rings. The first-order valence-electron chi connectivity index (χ1n) is 16.9. The Morgan fingerprint density at radius 1 is 0.804 bits per heavy atom. The maximum atomic E-state index is 13.6. The maximum Gasteiger partial charge on any atom is 0.331 e. The summed E-state index contributed by atoms with van der Waals surface area (Å²) in [4.78, 5) is 29.0. The van der Waals surface area contributed by atoms with Gasteiger partial charge in [-0.3, -0.25) is 14.3 Å². The van der Waals surface area contributed by atoms with Crippen LogP contribution in [0.25, 0.3) is 10.9 Å². The molecule has 1 fully saturated rings. The van der Waals surface area contributed by atoms with Crippen molar-refractivity contribution >= 4 is 30.8 Å². The Labute approximate surface area is 304 Å². The minimum atomic E-state index is -2.41. The quantitative estimate of drug-likeness (QED) is 0.109. The summed E-state index contributed by atoms with van der Waals surface area (Å²) in [6, 6.07) is 30.7. The number of aromatic nitrogens is 2. The average molecular weight is 728 g/mol. The van der Waals surface area contributed by atoms with Gasteiger partial charge in [-0.05, 0) is 71.2 Å². The first-order chi connectivity index (χ1) is 24.3. The van der Waals surface area contributed by atoms with E-state index in [9.17, 15) is 9.59 Å². The Hall–Kier alpha value is -4.19. The Bertz CT molecular complexity index is 2040. The van der Waals surface area contributed by atoms with Crippen LogP contribution in [0.4, 0.5) is 0 Å². The van der Waals surface area contributed by atoms with E-state index >= 15 is 0 Å². The second kappa shape index (κ2) is 14.4. The second-order valence-corrected chi connectivity index (χ2v) is 19.3. The summed E-state index contributed by atoms with van der Waals surface area (Å²) < 4.78 is 33.3. The Morgan fingerprint density at radius 2 is 1.37 bits per heavy atom. The van der Waals surface area contributed by atoms with Gasteiger partial charge < -0.3 is 23.4 Å². The predicted molar refractivity (Wildman–Crippen MR) is 202 cm³/mol. The number of benzene rings is 4. The Morgan fingerprint density at radius 3 is 1.92 bits per heavy atom. The van der Waals surface area contributed by atoms with Gasteiger partial charge in [0.2, 0.25) is 0 Å². The number of nitrogens with zero attached hydrogens (tertiary/aromatic N) is 1. The molecule has 0 unspecified atom stereocenters. The molecule has 1 radical (unpaired) electrons. The van der Waals surface area contributed by atoms with Crippen molar-refractivity contribution in [3.05, 3.63) is 146 Å². The fraction of sp³-hybridized carbons (Fsp3) is 0.325. The molecule has 9 nitrogen and oxygen atoms in total. The molecular formula is C40H44ClN2O7Si. The van der Waals surface area contributed by atoms with Crippen molar-refractivity contribution in [2.45, 2.75) is 62.9 Å². The highest BCUT2D eigenvalue weighted by atomic mass is 35.5. The summed E-state index contributed by atoms with van der Waals surface area (Å²) in [5.74, 6) is 1.44. The zero-order chi connectivity index (χ0) is 36.6. The molecule has 6 rings (SSSR count). The van der Waals surface area contributed by atoms with Crippen molar-refractivity contribution in [2.24, 2.45) is 0 Å². The van der Waals surface area contributed by atoms with Crippen LogP contribution in [0.3, 0.4) is 0 Å². The smallest absolute Gasteiger partial charge is 0.331 e. The number of methoxy groups -OCH3 is 2. The van der Waals surface area contributed by atoms with Crippen molar-refractivity contribution in [3.63, 3.8) is 0 Å².